The zero-order chi connectivity index (χ0) is 14.6. The number of thiophene rings is 1. The summed E-state index contributed by atoms with van der Waals surface area (Å²) in [6.45, 7) is 3.04. The van der Waals surface area contributed by atoms with Crippen molar-refractivity contribution < 1.29 is 9.59 Å². The van der Waals surface area contributed by atoms with Crippen molar-refractivity contribution in [2.75, 3.05) is 38.2 Å². The Morgan fingerprint density at radius 3 is 2.47 bits per heavy atom. The van der Waals surface area contributed by atoms with Gasteiger partial charge in [-0.05, 0) is 27.1 Å². The molecule has 1 aromatic heterocycles. The number of carbonyl (C=O) groups excluding carboxylic acids is 2. The molecular weight excluding hydrogens is 264 g/mol. The number of nitrogens with two attached hydrogens (primary N) is 2. The molecule has 0 aliphatic heterocycles. The van der Waals surface area contributed by atoms with E-state index in [1.165, 1.54) is 18.3 Å². The first-order valence-corrected chi connectivity index (χ1v) is 6.77. The Kier molecular flexibility index (Phi) is 5.31. The van der Waals surface area contributed by atoms with Gasteiger partial charge < -0.3 is 21.7 Å². The maximum atomic E-state index is 11.4. The summed E-state index contributed by atoms with van der Waals surface area (Å²) in [5, 5.41) is 3.70. The lowest BCUT2D eigenvalue weighted by Gasteiger charge is -2.10. The predicted octanol–water partition coefficient (Wildman–Crippen LogP) is 0.995. The third-order valence-corrected chi connectivity index (χ3v) is 3.84. The number of carbonyl (C=O) groups is 2. The molecule has 0 unspecified atom stereocenters. The topological polar surface area (TPSA) is 101 Å². The summed E-state index contributed by atoms with van der Waals surface area (Å²) in [6.07, 6.45) is 0.915. The van der Waals surface area contributed by atoms with Crippen molar-refractivity contribution in [3.8, 4) is 0 Å². The van der Waals surface area contributed by atoms with Crippen LogP contribution in [0.3, 0.4) is 0 Å². The fraction of sp³-hybridized carbons (Fsp3) is 0.500. The lowest BCUT2D eigenvalue weighted by molar-refractivity contribution is 0.100. The van der Waals surface area contributed by atoms with Crippen LogP contribution in [0.1, 0.15) is 33.4 Å². The smallest absolute Gasteiger partial charge is 0.253 e. The third-order valence-electron chi connectivity index (χ3n) is 2.58. The highest BCUT2D eigenvalue weighted by Gasteiger charge is 2.21. The zero-order valence-corrected chi connectivity index (χ0v) is 12.3. The van der Waals surface area contributed by atoms with Gasteiger partial charge >= 0.3 is 0 Å². The van der Waals surface area contributed by atoms with E-state index < -0.39 is 5.91 Å². The van der Waals surface area contributed by atoms with E-state index >= 15 is 0 Å². The molecule has 1 heterocycles. The summed E-state index contributed by atoms with van der Waals surface area (Å²) in [5.74, 6) is -0.775. The molecule has 0 radical (unpaired) electrons. The Balaban J connectivity index is 2.84. The van der Waals surface area contributed by atoms with E-state index in [-0.39, 0.29) is 17.0 Å². The second-order valence-electron chi connectivity index (χ2n) is 4.55. The molecule has 1 aromatic rings. The Hall–Kier alpha value is -1.60. The third kappa shape index (κ3) is 3.93. The van der Waals surface area contributed by atoms with Crippen LogP contribution < -0.4 is 16.8 Å². The highest BCUT2D eigenvalue weighted by Crippen LogP contribution is 2.35. The van der Waals surface area contributed by atoms with E-state index in [2.05, 4.69) is 10.2 Å². The second-order valence-corrected chi connectivity index (χ2v) is 5.57. The van der Waals surface area contributed by atoms with E-state index in [0.29, 0.717) is 16.4 Å². The number of amides is 1. The number of nitrogen functional groups attached to an aromatic ring is 1. The molecule has 19 heavy (non-hydrogen) atoms. The van der Waals surface area contributed by atoms with Gasteiger partial charge in [0, 0.05) is 13.5 Å². The minimum atomic E-state index is -0.614. The van der Waals surface area contributed by atoms with Gasteiger partial charge in [-0.3, -0.25) is 9.59 Å². The normalized spacial score (nSPS) is 10.7. The first kappa shape index (κ1) is 15.5. The molecule has 7 heteroatoms. The minimum Gasteiger partial charge on any atom is -0.397 e. The van der Waals surface area contributed by atoms with Crippen molar-refractivity contribution in [2.24, 2.45) is 5.73 Å². The van der Waals surface area contributed by atoms with Gasteiger partial charge in [0.15, 0.2) is 5.78 Å². The number of hydrogen-bond acceptors (Lipinski definition) is 6. The molecular formula is C12H20N4O2S. The van der Waals surface area contributed by atoms with Crippen molar-refractivity contribution in [1.82, 2.24) is 4.90 Å². The van der Waals surface area contributed by atoms with Crippen LogP contribution in [0, 0.1) is 0 Å². The van der Waals surface area contributed by atoms with Crippen LogP contribution >= 0.6 is 11.3 Å². The lowest BCUT2D eigenvalue weighted by Crippen LogP contribution is -2.18. The Labute approximate surface area is 116 Å². The number of rotatable bonds is 7. The van der Waals surface area contributed by atoms with Gasteiger partial charge in [0.05, 0.1) is 16.1 Å². The van der Waals surface area contributed by atoms with E-state index in [9.17, 15) is 9.59 Å². The number of nitrogens with one attached hydrogen (secondary N) is 1. The van der Waals surface area contributed by atoms with E-state index in [4.69, 9.17) is 11.5 Å². The Bertz CT molecular complexity index is 482. The summed E-state index contributed by atoms with van der Waals surface area (Å²) < 4.78 is 0. The predicted molar refractivity (Wildman–Crippen MR) is 78.9 cm³/mol. The number of nitrogens with zero attached hydrogens (tertiary/aromatic N) is 1. The standard InChI is InChI=1S/C12H20N4O2S/c1-7(17)10-9(13)8(11(14)18)12(19-10)15-5-4-6-16(2)3/h15H,4-6,13H2,1-3H3,(H2,14,18). The molecule has 5 N–H and O–H groups in total. The van der Waals surface area contributed by atoms with Crippen LogP contribution in [-0.4, -0.2) is 43.8 Å². The highest BCUT2D eigenvalue weighted by molar-refractivity contribution is 7.19. The quantitative estimate of drug-likeness (QED) is 0.512. The fourth-order valence-electron chi connectivity index (χ4n) is 1.67. The van der Waals surface area contributed by atoms with Crippen LogP contribution in [0.2, 0.25) is 0 Å². The van der Waals surface area contributed by atoms with Gasteiger partial charge in [-0.2, -0.15) is 0 Å². The summed E-state index contributed by atoms with van der Waals surface area (Å²) in [6, 6.07) is 0. The van der Waals surface area contributed by atoms with E-state index in [1.807, 2.05) is 14.1 Å². The van der Waals surface area contributed by atoms with E-state index in [0.717, 1.165) is 13.0 Å². The number of anilines is 2. The number of ketones is 1. The molecule has 0 saturated carbocycles. The van der Waals surface area contributed by atoms with E-state index in [1.54, 1.807) is 0 Å². The summed E-state index contributed by atoms with van der Waals surface area (Å²) >= 11 is 1.18. The van der Waals surface area contributed by atoms with Crippen LogP contribution in [0.5, 0.6) is 0 Å². The second kappa shape index (κ2) is 6.53. The summed E-state index contributed by atoms with van der Waals surface area (Å²) in [4.78, 5) is 25.3. The van der Waals surface area contributed by atoms with Gasteiger partial charge in [0.2, 0.25) is 0 Å². The first-order chi connectivity index (χ1) is 8.84. The van der Waals surface area contributed by atoms with Crippen molar-refractivity contribution >= 4 is 33.7 Å². The van der Waals surface area contributed by atoms with Crippen LogP contribution in [0.15, 0.2) is 0 Å². The monoisotopic (exact) mass is 284 g/mol. The maximum Gasteiger partial charge on any atom is 0.253 e. The molecule has 0 atom stereocenters. The SMILES string of the molecule is CC(=O)c1sc(NCCCN(C)C)c(C(N)=O)c1N. The molecule has 1 rings (SSSR count). The fourth-order valence-corrected chi connectivity index (χ4v) is 2.72. The molecule has 0 bridgehead atoms. The van der Waals surface area contributed by atoms with Crippen molar-refractivity contribution in [3.63, 3.8) is 0 Å². The molecule has 106 valence electrons. The highest BCUT2D eigenvalue weighted by atomic mass is 32.1. The first-order valence-electron chi connectivity index (χ1n) is 5.96. The molecule has 0 aliphatic rings. The number of primary amides is 1. The molecule has 1 amide bonds. The maximum absolute atomic E-state index is 11.4. The van der Waals surface area contributed by atoms with Crippen LogP contribution in [-0.2, 0) is 0 Å². The van der Waals surface area contributed by atoms with Gasteiger partial charge in [-0.15, -0.1) is 11.3 Å². The lowest BCUT2D eigenvalue weighted by atomic mass is 10.2. The van der Waals surface area contributed by atoms with Crippen molar-refractivity contribution in [2.45, 2.75) is 13.3 Å². The molecule has 0 fully saturated rings. The summed E-state index contributed by atoms with van der Waals surface area (Å²) in [5.41, 5.74) is 11.5. The molecule has 6 nitrogen and oxygen atoms in total. The van der Waals surface area contributed by atoms with Gasteiger partial charge in [0.25, 0.3) is 5.91 Å². The van der Waals surface area contributed by atoms with Crippen LogP contribution in [0.25, 0.3) is 0 Å². The minimum absolute atomic E-state index is 0.161. The summed E-state index contributed by atoms with van der Waals surface area (Å²) in [7, 11) is 3.98. The van der Waals surface area contributed by atoms with Crippen molar-refractivity contribution in [3.05, 3.63) is 10.4 Å². The Morgan fingerprint density at radius 2 is 2.00 bits per heavy atom. The van der Waals surface area contributed by atoms with Crippen LogP contribution in [0.4, 0.5) is 10.7 Å². The number of Topliss-reactive ketones (excluding diaryl/α,β-unsaturated/α-hetero) is 1. The average Bonchev–Trinajstić information content (AvgIpc) is 2.61. The largest absolute Gasteiger partial charge is 0.397 e. The molecule has 0 aromatic carbocycles. The molecule has 0 spiro atoms. The average molecular weight is 284 g/mol. The number of hydrogen-bond donors (Lipinski definition) is 3. The van der Waals surface area contributed by atoms with Gasteiger partial charge in [0.1, 0.15) is 5.00 Å². The molecule has 0 saturated heterocycles. The van der Waals surface area contributed by atoms with Crippen molar-refractivity contribution in [1.29, 1.82) is 0 Å². The molecule has 0 aliphatic carbocycles. The zero-order valence-electron chi connectivity index (χ0n) is 11.4. The Morgan fingerprint density at radius 1 is 1.37 bits per heavy atom. The van der Waals surface area contributed by atoms with Gasteiger partial charge in [-0.1, -0.05) is 0 Å². The van der Waals surface area contributed by atoms with Gasteiger partial charge in [-0.25, -0.2) is 0 Å².